The Morgan fingerprint density at radius 1 is 1.13 bits per heavy atom. The molecule has 0 aliphatic carbocycles. The smallest absolute Gasteiger partial charge is 0.465 e. The molecule has 1 aliphatic heterocycles. The molecule has 3 rings (SSSR count). The summed E-state index contributed by atoms with van der Waals surface area (Å²) in [6.45, 7) is 7.53. The van der Waals surface area contributed by atoms with Gasteiger partial charge in [-0.3, -0.25) is 0 Å². The van der Waals surface area contributed by atoms with Crippen LogP contribution >= 0.6 is 0 Å². The summed E-state index contributed by atoms with van der Waals surface area (Å²) in [5.74, 6) is -0.895. The Labute approximate surface area is 172 Å². The standard InChI is InChI=1S/C19H21BF3N3O4/c1-17(2)18(3,4)30-20(29-17)12-8-11(15(27)28-5)9-13(10-12)25-16-24-7-6-14(26-16)19(21,22)23/h6-10H,1-5H3,(H,24,25,26). The van der Waals surface area contributed by atoms with Crippen LogP contribution in [0.25, 0.3) is 0 Å². The highest BCUT2D eigenvalue weighted by atomic mass is 19.4. The first-order chi connectivity index (χ1) is 13.8. The number of ether oxygens (including phenoxy) is 1. The summed E-state index contributed by atoms with van der Waals surface area (Å²) in [6, 6.07) is 5.33. The van der Waals surface area contributed by atoms with E-state index >= 15 is 0 Å². The minimum Gasteiger partial charge on any atom is -0.465 e. The molecule has 30 heavy (non-hydrogen) atoms. The van der Waals surface area contributed by atoms with Crippen molar-refractivity contribution in [2.24, 2.45) is 0 Å². The number of anilines is 2. The van der Waals surface area contributed by atoms with E-state index in [9.17, 15) is 18.0 Å². The predicted molar refractivity (Wildman–Crippen MR) is 104 cm³/mol. The van der Waals surface area contributed by atoms with Crippen LogP contribution in [0.4, 0.5) is 24.8 Å². The van der Waals surface area contributed by atoms with Gasteiger partial charge in [0.15, 0.2) is 0 Å². The predicted octanol–water partition coefficient (Wildman–Crippen LogP) is 3.32. The Bertz CT molecular complexity index is 950. The second-order valence-electron chi connectivity index (χ2n) is 7.81. The van der Waals surface area contributed by atoms with E-state index in [0.29, 0.717) is 5.46 Å². The topological polar surface area (TPSA) is 82.6 Å². The molecule has 0 spiro atoms. The van der Waals surface area contributed by atoms with Crippen molar-refractivity contribution in [3.63, 3.8) is 0 Å². The molecule has 0 atom stereocenters. The number of aromatic nitrogens is 2. The zero-order chi connectivity index (χ0) is 22.3. The number of hydrogen-bond acceptors (Lipinski definition) is 7. The molecule has 2 aromatic rings. The fourth-order valence-corrected chi connectivity index (χ4v) is 2.78. The molecule has 7 nitrogen and oxygen atoms in total. The van der Waals surface area contributed by atoms with Crippen molar-refractivity contribution in [3.05, 3.63) is 41.7 Å². The van der Waals surface area contributed by atoms with E-state index in [2.05, 4.69) is 15.3 Å². The van der Waals surface area contributed by atoms with E-state index in [1.54, 1.807) is 12.1 Å². The number of nitrogens with zero attached hydrogens (tertiary/aromatic N) is 2. The van der Waals surface area contributed by atoms with Crippen LogP contribution in [-0.4, -0.2) is 41.4 Å². The summed E-state index contributed by atoms with van der Waals surface area (Å²) in [5, 5.41) is 2.70. The van der Waals surface area contributed by atoms with Crippen molar-refractivity contribution in [2.75, 3.05) is 12.4 Å². The average Bonchev–Trinajstić information content (AvgIpc) is 2.88. The molecule has 1 aliphatic rings. The molecule has 1 N–H and O–H groups in total. The van der Waals surface area contributed by atoms with E-state index in [0.717, 1.165) is 12.3 Å². The third kappa shape index (κ3) is 4.41. The van der Waals surface area contributed by atoms with Gasteiger partial charge in [-0.1, -0.05) is 0 Å². The molecule has 0 saturated carbocycles. The highest BCUT2D eigenvalue weighted by Gasteiger charge is 2.51. The molecule has 2 heterocycles. The normalized spacial score (nSPS) is 17.7. The first-order valence-corrected chi connectivity index (χ1v) is 9.08. The van der Waals surface area contributed by atoms with Crippen molar-refractivity contribution < 1.29 is 32.0 Å². The van der Waals surface area contributed by atoms with Gasteiger partial charge in [-0.2, -0.15) is 13.2 Å². The monoisotopic (exact) mass is 423 g/mol. The first kappa shape index (κ1) is 22.0. The summed E-state index contributed by atoms with van der Waals surface area (Å²) < 4.78 is 55.6. The van der Waals surface area contributed by atoms with Gasteiger partial charge in [0.2, 0.25) is 5.95 Å². The van der Waals surface area contributed by atoms with Crippen LogP contribution in [0.15, 0.2) is 30.5 Å². The van der Waals surface area contributed by atoms with Crippen molar-refractivity contribution >= 4 is 30.2 Å². The molecule has 1 saturated heterocycles. The molecule has 1 aromatic heterocycles. The van der Waals surface area contributed by atoms with Gasteiger partial charge in [0.25, 0.3) is 0 Å². The van der Waals surface area contributed by atoms with Gasteiger partial charge in [0.1, 0.15) is 5.69 Å². The molecular formula is C19H21BF3N3O4. The van der Waals surface area contributed by atoms with E-state index in [1.165, 1.54) is 13.2 Å². The van der Waals surface area contributed by atoms with Crippen LogP contribution in [0.5, 0.6) is 0 Å². The van der Waals surface area contributed by atoms with E-state index < -0.39 is 36.2 Å². The summed E-state index contributed by atoms with van der Waals surface area (Å²) in [7, 11) is 0.440. The van der Waals surface area contributed by atoms with Gasteiger partial charge in [-0.05, 0) is 57.4 Å². The molecule has 11 heteroatoms. The lowest BCUT2D eigenvalue weighted by Crippen LogP contribution is -2.41. The lowest BCUT2D eigenvalue weighted by molar-refractivity contribution is -0.141. The van der Waals surface area contributed by atoms with Crippen LogP contribution in [-0.2, 0) is 20.2 Å². The fourth-order valence-electron chi connectivity index (χ4n) is 2.78. The summed E-state index contributed by atoms with van der Waals surface area (Å²) in [6.07, 6.45) is -3.61. The number of halogens is 3. The lowest BCUT2D eigenvalue weighted by atomic mass is 9.78. The van der Waals surface area contributed by atoms with Gasteiger partial charge in [-0.15, -0.1) is 0 Å². The SMILES string of the molecule is COC(=O)c1cc(Nc2nccc(C(F)(F)F)n2)cc(B2OC(C)(C)C(C)(C)O2)c1. The first-order valence-electron chi connectivity index (χ1n) is 9.08. The quantitative estimate of drug-likeness (QED) is 0.597. The molecule has 0 radical (unpaired) electrons. The third-order valence-electron chi connectivity index (χ3n) is 5.10. The number of rotatable bonds is 4. The number of esters is 1. The summed E-state index contributed by atoms with van der Waals surface area (Å²) in [4.78, 5) is 19.4. The van der Waals surface area contributed by atoms with Crippen LogP contribution in [0.1, 0.15) is 43.7 Å². The van der Waals surface area contributed by atoms with Crippen LogP contribution < -0.4 is 10.8 Å². The zero-order valence-electron chi connectivity index (χ0n) is 17.1. The van der Waals surface area contributed by atoms with E-state index in [1.807, 2.05) is 27.7 Å². The number of hydrogen-bond donors (Lipinski definition) is 1. The summed E-state index contributed by atoms with van der Waals surface area (Å²) in [5.41, 5.74) is -1.38. The van der Waals surface area contributed by atoms with Gasteiger partial charge >= 0.3 is 19.3 Å². The lowest BCUT2D eigenvalue weighted by Gasteiger charge is -2.32. The van der Waals surface area contributed by atoms with E-state index in [-0.39, 0.29) is 17.2 Å². The van der Waals surface area contributed by atoms with Gasteiger partial charge < -0.3 is 19.4 Å². The number of benzene rings is 1. The average molecular weight is 423 g/mol. The second-order valence-corrected chi connectivity index (χ2v) is 7.81. The number of methoxy groups -OCH3 is 1. The molecule has 160 valence electrons. The highest BCUT2D eigenvalue weighted by Crippen LogP contribution is 2.36. The Morgan fingerprint density at radius 3 is 2.33 bits per heavy atom. The second kappa shape index (κ2) is 7.55. The van der Waals surface area contributed by atoms with Crippen LogP contribution in [0.3, 0.4) is 0 Å². The van der Waals surface area contributed by atoms with E-state index in [4.69, 9.17) is 14.0 Å². The Kier molecular flexibility index (Phi) is 5.55. The number of alkyl halides is 3. The van der Waals surface area contributed by atoms with Crippen molar-refractivity contribution in [2.45, 2.75) is 45.1 Å². The molecular weight excluding hydrogens is 402 g/mol. The Morgan fingerprint density at radius 2 is 1.77 bits per heavy atom. The number of carbonyl (C=O) groups excluding carboxylic acids is 1. The van der Waals surface area contributed by atoms with Crippen LogP contribution in [0.2, 0.25) is 0 Å². The third-order valence-corrected chi connectivity index (χ3v) is 5.10. The molecule has 0 unspecified atom stereocenters. The van der Waals surface area contributed by atoms with Crippen molar-refractivity contribution in [1.29, 1.82) is 0 Å². The summed E-state index contributed by atoms with van der Waals surface area (Å²) >= 11 is 0. The zero-order valence-corrected chi connectivity index (χ0v) is 17.1. The maximum atomic E-state index is 12.9. The molecule has 1 aromatic carbocycles. The van der Waals surface area contributed by atoms with Crippen molar-refractivity contribution in [1.82, 2.24) is 9.97 Å². The Balaban J connectivity index is 1.98. The van der Waals surface area contributed by atoms with Gasteiger partial charge in [0, 0.05) is 11.9 Å². The largest absolute Gasteiger partial charge is 0.494 e. The van der Waals surface area contributed by atoms with Gasteiger partial charge in [0.05, 0.1) is 23.9 Å². The number of carbonyl (C=O) groups is 1. The maximum Gasteiger partial charge on any atom is 0.494 e. The maximum absolute atomic E-state index is 12.9. The molecule has 0 bridgehead atoms. The van der Waals surface area contributed by atoms with Gasteiger partial charge in [-0.25, -0.2) is 14.8 Å². The number of nitrogens with one attached hydrogen (secondary N) is 1. The minimum atomic E-state index is -4.61. The van der Waals surface area contributed by atoms with Crippen molar-refractivity contribution in [3.8, 4) is 0 Å². The van der Waals surface area contributed by atoms with Crippen LogP contribution in [0, 0.1) is 0 Å². The minimum absolute atomic E-state index is 0.166. The molecule has 0 amide bonds. The molecule has 1 fully saturated rings. The Hall–Kier alpha value is -2.66. The highest BCUT2D eigenvalue weighted by molar-refractivity contribution is 6.62. The fraction of sp³-hybridized carbons (Fsp3) is 0.421.